The molecule has 1 aliphatic carbocycles. The van der Waals surface area contributed by atoms with Gasteiger partial charge in [-0.2, -0.15) is 0 Å². The molecule has 5 nitrogen and oxygen atoms in total. The average Bonchev–Trinajstić information content (AvgIpc) is 2.83. The summed E-state index contributed by atoms with van der Waals surface area (Å²) in [5.41, 5.74) is 0.861. The molecule has 0 unspecified atom stereocenters. The predicted molar refractivity (Wildman–Crippen MR) is 78.2 cm³/mol. The van der Waals surface area contributed by atoms with Gasteiger partial charge in [-0.05, 0) is 39.2 Å². The minimum atomic E-state index is 0.0388. The van der Waals surface area contributed by atoms with Crippen LogP contribution in [0.4, 0.5) is 5.13 Å². The zero-order chi connectivity index (χ0) is 14.1. The third-order valence-corrected chi connectivity index (χ3v) is 5.05. The molecule has 20 heavy (non-hydrogen) atoms. The first-order valence-corrected chi connectivity index (χ1v) is 8.02. The van der Waals surface area contributed by atoms with Crippen LogP contribution in [0.2, 0.25) is 0 Å². The van der Waals surface area contributed by atoms with Gasteiger partial charge in [-0.25, -0.2) is 4.98 Å². The molecule has 1 aliphatic heterocycles. The Morgan fingerprint density at radius 2 is 2.30 bits per heavy atom. The summed E-state index contributed by atoms with van der Waals surface area (Å²) in [5, 5.41) is 6.82. The Balaban J connectivity index is 1.68. The summed E-state index contributed by atoms with van der Waals surface area (Å²) >= 11 is 1.33. The first-order chi connectivity index (χ1) is 9.63. The number of hydrogen-bond acceptors (Lipinski definition) is 5. The number of hydrogen-bond donors (Lipinski definition) is 2. The number of aryl methyl sites for hydroxylation is 1. The van der Waals surface area contributed by atoms with Gasteiger partial charge in [-0.15, -0.1) is 0 Å². The van der Waals surface area contributed by atoms with Gasteiger partial charge < -0.3 is 10.6 Å². The maximum Gasteiger partial charge on any atom is 0.229 e. The lowest BCUT2D eigenvalue weighted by Gasteiger charge is -2.26. The standard InChI is InChI=1S/C14H19N3O2S/c1-8-7-9(5-6-15-8)13(19)17-14-16-10-3-2-4-11(18)12(10)20-14/h8-9,15H,2-7H2,1H3,(H,16,17,19)/t8-,9-/m0/s1. The Bertz CT molecular complexity index is 541. The van der Waals surface area contributed by atoms with Crippen molar-refractivity contribution in [1.29, 1.82) is 0 Å². The molecule has 2 aliphatic rings. The Labute approximate surface area is 122 Å². The van der Waals surface area contributed by atoms with Crippen molar-refractivity contribution in [2.75, 3.05) is 11.9 Å². The van der Waals surface area contributed by atoms with E-state index in [0.29, 0.717) is 17.6 Å². The van der Waals surface area contributed by atoms with Gasteiger partial charge in [0.1, 0.15) is 0 Å². The van der Waals surface area contributed by atoms with Crippen LogP contribution in [-0.4, -0.2) is 29.3 Å². The maximum absolute atomic E-state index is 12.3. The second-order valence-electron chi connectivity index (χ2n) is 5.64. The van der Waals surface area contributed by atoms with Crippen LogP contribution in [0.25, 0.3) is 0 Å². The van der Waals surface area contributed by atoms with Crippen molar-refractivity contribution >= 4 is 28.2 Å². The molecule has 108 valence electrons. The van der Waals surface area contributed by atoms with Crippen molar-refractivity contribution < 1.29 is 9.59 Å². The van der Waals surface area contributed by atoms with Crippen LogP contribution < -0.4 is 10.6 Å². The Hall–Kier alpha value is -1.27. The zero-order valence-electron chi connectivity index (χ0n) is 11.6. The second kappa shape index (κ2) is 5.61. The molecule has 1 saturated heterocycles. The highest BCUT2D eigenvalue weighted by Crippen LogP contribution is 2.30. The molecular weight excluding hydrogens is 274 g/mol. The lowest BCUT2D eigenvalue weighted by atomic mass is 9.92. The number of rotatable bonds is 2. The molecule has 1 fully saturated rings. The van der Waals surface area contributed by atoms with E-state index < -0.39 is 0 Å². The van der Waals surface area contributed by atoms with E-state index in [0.717, 1.165) is 42.8 Å². The van der Waals surface area contributed by atoms with E-state index in [1.807, 2.05) is 0 Å². The maximum atomic E-state index is 12.3. The molecule has 0 spiro atoms. The SMILES string of the molecule is C[C@H]1C[C@@H](C(=O)Nc2nc3c(s2)C(=O)CCC3)CCN1. The first kappa shape index (κ1) is 13.7. The summed E-state index contributed by atoms with van der Waals surface area (Å²) in [5.74, 6) is 0.250. The van der Waals surface area contributed by atoms with Crippen LogP contribution in [0, 0.1) is 5.92 Å². The fraction of sp³-hybridized carbons (Fsp3) is 0.643. The third-order valence-electron chi connectivity index (χ3n) is 3.99. The van der Waals surface area contributed by atoms with E-state index in [-0.39, 0.29) is 17.6 Å². The van der Waals surface area contributed by atoms with Gasteiger partial charge in [-0.3, -0.25) is 9.59 Å². The monoisotopic (exact) mass is 293 g/mol. The number of carbonyl (C=O) groups excluding carboxylic acids is 2. The lowest BCUT2D eigenvalue weighted by Crippen LogP contribution is -2.40. The number of fused-ring (bicyclic) bond motifs is 1. The van der Waals surface area contributed by atoms with Crippen molar-refractivity contribution in [3.05, 3.63) is 10.6 Å². The van der Waals surface area contributed by atoms with Crippen LogP contribution in [0.1, 0.15) is 48.0 Å². The number of thiazole rings is 1. The van der Waals surface area contributed by atoms with E-state index in [2.05, 4.69) is 22.5 Å². The van der Waals surface area contributed by atoms with Crippen molar-refractivity contribution in [2.45, 2.75) is 45.1 Å². The van der Waals surface area contributed by atoms with Gasteiger partial charge in [-0.1, -0.05) is 11.3 Å². The molecule has 1 aromatic rings. The van der Waals surface area contributed by atoms with Gasteiger partial charge in [0.15, 0.2) is 10.9 Å². The van der Waals surface area contributed by atoms with Gasteiger partial charge >= 0.3 is 0 Å². The van der Waals surface area contributed by atoms with Crippen LogP contribution in [0.3, 0.4) is 0 Å². The summed E-state index contributed by atoms with van der Waals surface area (Å²) in [4.78, 5) is 29.2. The number of nitrogens with zero attached hydrogens (tertiary/aromatic N) is 1. The van der Waals surface area contributed by atoms with Crippen molar-refractivity contribution in [3.63, 3.8) is 0 Å². The summed E-state index contributed by atoms with van der Waals surface area (Å²) in [6.45, 7) is 2.98. The molecule has 1 amide bonds. The number of piperidine rings is 1. The zero-order valence-corrected chi connectivity index (χ0v) is 12.4. The van der Waals surface area contributed by atoms with E-state index in [4.69, 9.17) is 0 Å². The van der Waals surface area contributed by atoms with Gasteiger partial charge in [0, 0.05) is 18.4 Å². The second-order valence-corrected chi connectivity index (χ2v) is 6.64. The van der Waals surface area contributed by atoms with Crippen LogP contribution in [0.5, 0.6) is 0 Å². The van der Waals surface area contributed by atoms with Crippen LogP contribution in [0.15, 0.2) is 0 Å². The smallest absolute Gasteiger partial charge is 0.229 e. The fourth-order valence-corrected chi connectivity index (χ4v) is 3.88. The minimum Gasteiger partial charge on any atom is -0.314 e. The van der Waals surface area contributed by atoms with Crippen LogP contribution in [-0.2, 0) is 11.2 Å². The highest BCUT2D eigenvalue weighted by Gasteiger charge is 2.27. The normalized spacial score (nSPS) is 26.1. The number of Topliss-reactive ketones (excluding diaryl/α,β-unsaturated/α-hetero) is 1. The van der Waals surface area contributed by atoms with Gasteiger partial charge in [0.25, 0.3) is 0 Å². The molecule has 0 aromatic carbocycles. The molecule has 1 aromatic heterocycles. The molecule has 0 radical (unpaired) electrons. The van der Waals surface area contributed by atoms with Crippen molar-refractivity contribution in [2.24, 2.45) is 5.92 Å². The number of amides is 1. The van der Waals surface area contributed by atoms with Crippen molar-refractivity contribution in [1.82, 2.24) is 10.3 Å². The highest BCUT2D eigenvalue weighted by atomic mass is 32.1. The van der Waals surface area contributed by atoms with E-state index in [9.17, 15) is 9.59 Å². The summed E-state index contributed by atoms with van der Waals surface area (Å²) in [7, 11) is 0. The summed E-state index contributed by atoms with van der Waals surface area (Å²) < 4.78 is 0. The topological polar surface area (TPSA) is 71.1 Å². The minimum absolute atomic E-state index is 0.0388. The number of aromatic nitrogens is 1. The van der Waals surface area contributed by atoms with E-state index in [1.54, 1.807) is 0 Å². The molecule has 2 atom stereocenters. The Morgan fingerprint density at radius 3 is 3.05 bits per heavy atom. The third kappa shape index (κ3) is 2.76. The van der Waals surface area contributed by atoms with E-state index in [1.165, 1.54) is 11.3 Å². The number of ketones is 1. The molecular formula is C14H19N3O2S. The lowest BCUT2D eigenvalue weighted by molar-refractivity contribution is -0.120. The van der Waals surface area contributed by atoms with Crippen LogP contribution >= 0.6 is 11.3 Å². The van der Waals surface area contributed by atoms with Gasteiger partial charge in [0.05, 0.1) is 10.6 Å². The number of carbonyl (C=O) groups is 2. The molecule has 3 rings (SSSR count). The first-order valence-electron chi connectivity index (χ1n) is 7.20. The number of nitrogens with one attached hydrogen (secondary N) is 2. The summed E-state index contributed by atoms with van der Waals surface area (Å²) in [6, 6.07) is 0.380. The highest BCUT2D eigenvalue weighted by molar-refractivity contribution is 7.17. The predicted octanol–water partition coefficient (Wildman–Crippen LogP) is 1.99. The summed E-state index contributed by atoms with van der Waals surface area (Å²) in [6.07, 6.45) is 4.04. The quantitative estimate of drug-likeness (QED) is 0.875. The van der Waals surface area contributed by atoms with Crippen molar-refractivity contribution in [3.8, 4) is 0 Å². The molecule has 6 heteroatoms. The Kier molecular flexibility index (Phi) is 3.85. The van der Waals surface area contributed by atoms with E-state index >= 15 is 0 Å². The molecule has 2 heterocycles. The molecule has 2 N–H and O–H groups in total. The largest absolute Gasteiger partial charge is 0.314 e. The average molecular weight is 293 g/mol. The fourth-order valence-electron chi connectivity index (χ4n) is 2.90. The van der Waals surface area contributed by atoms with Gasteiger partial charge in [0.2, 0.25) is 5.91 Å². The molecule has 0 bridgehead atoms. The Morgan fingerprint density at radius 1 is 1.45 bits per heavy atom. The molecule has 0 saturated carbocycles. The number of anilines is 1.